The van der Waals surface area contributed by atoms with Gasteiger partial charge in [0.15, 0.2) is 0 Å². The van der Waals surface area contributed by atoms with Crippen LogP contribution in [0.15, 0.2) is 70.5 Å². The van der Waals surface area contributed by atoms with Crippen LogP contribution in [0.25, 0.3) is 0 Å². The van der Waals surface area contributed by atoms with Crippen molar-refractivity contribution in [1.29, 1.82) is 0 Å². The van der Waals surface area contributed by atoms with Crippen molar-refractivity contribution >= 4 is 54.8 Å². The largest absolute Gasteiger partial charge is 0.325 e. The van der Waals surface area contributed by atoms with Crippen molar-refractivity contribution in [3.63, 3.8) is 0 Å². The number of aryl methyl sites for hydroxylation is 2. The van der Waals surface area contributed by atoms with Crippen LogP contribution in [-0.2, 0) is 31.4 Å². The van der Waals surface area contributed by atoms with Crippen LogP contribution in [0, 0.1) is 13.8 Å². The molecule has 0 unspecified atom stereocenters. The standard InChI is InChI=1S/C25H27Cl2N3O5S2/c1-17-5-9-20(10-6-17)37(34,35)30(15-19-8-12-22(26)23(27)13-19)16-25(31)28-24-14-21(11-7-18(24)2)36(32,33)29(3)4/h5-14H,15-16H2,1-4H3,(H,28,31). The first-order chi connectivity index (χ1) is 17.2. The first kappa shape index (κ1) is 29.1. The molecule has 0 aliphatic heterocycles. The molecule has 0 bridgehead atoms. The van der Waals surface area contributed by atoms with Crippen LogP contribution in [-0.4, -0.2) is 52.0 Å². The molecule has 1 amide bonds. The normalized spacial score (nSPS) is 12.2. The van der Waals surface area contributed by atoms with E-state index in [4.69, 9.17) is 23.2 Å². The fraction of sp³-hybridized carbons (Fsp3) is 0.240. The molecule has 0 saturated heterocycles. The molecule has 0 radical (unpaired) electrons. The van der Waals surface area contributed by atoms with Crippen molar-refractivity contribution < 1.29 is 21.6 Å². The fourth-order valence-electron chi connectivity index (χ4n) is 3.38. The molecule has 0 aromatic heterocycles. The maximum absolute atomic E-state index is 13.5. The SMILES string of the molecule is Cc1ccc(S(=O)(=O)N(CC(=O)Nc2cc(S(=O)(=O)N(C)C)ccc2C)Cc2ccc(Cl)c(Cl)c2)cc1. The van der Waals surface area contributed by atoms with Gasteiger partial charge in [-0.2, -0.15) is 4.31 Å². The first-order valence-electron chi connectivity index (χ1n) is 11.1. The van der Waals surface area contributed by atoms with Gasteiger partial charge in [0.05, 0.1) is 26.4 Å². The van der Waals surface area contributed by atoms with Crippen LogP contribution < -0.4 is 5.32 Å². The Labute approximate surface area is 227 Å². The summed E-state index contributed by atoms with van der Waals surface area (Å²) in [7, 11) is -5.00. The third-order valence-electron chi connectivity index (χ3n) is 5.58. The molecule has 0 aliphatic rings. The van der Waals surface area contributed by atoms with Crippen LogP contribution in [0.3, 0.4) is 0 Å². The number of rotatable bonds is 9. The zero-order chi connectivity index (χ0) is 27.5. The summed E-state index contributed by atoms with van der Waals surface area (Å²) in [5.41, 5.74) is 2.29. The zero-order valence-corrected chi connectivity index (χ0v) is 23.8. The molecule has 1 N–H and O–H groups in total. The lowest BCUT2D eigenvalue weighted by Crippen LogP contribution is -2.37. The Morgan fingerprint density at radius 3 is 2.03 bits per heavy atom. The third kappa shape index (κ3) is 6.90. The lowest BCUT2D eigenvalue weighted by molar-refractivity contribution is -0.116. The van der Waals surface area contributed by atoms with Crippen molar-refractivity contribution in [3.8, 4) is 0 Å². The average Bonchev–Trinajstić information content (AvgIpc) is 2.82. The maximum Gasteiger partial charge on any atom is 0.243 e. The number of halogens is 2. The summed E-state index contributed by atoms with van der Waals surface area (Å²) in [5, 5.41) is 3.23. The summed E-state index contributed by atoms with van der Waals surface area (Å²) in [6.45, 7) is 2.87. The number of benzene rings is 3. The second kappa shape index (κ2) is 11.5. The molecule has 0 heterocycles. The number of nitrogens with one attached hydrogen (secondary N) is 1. The average molecular weight is 585 g/mol. The van der Waals surface area contributed by atoms with Gasteiger partial charge in [0.1, 0.15) is 0 Å². The monoisotopic (exact) mass is 583 g/mol. The molecular weight excluding hydrogens is 557 g/mol. The van der Waals surface area contributed by atoms with Crippen LogP contribution in [0.5, 0.6) is 0 Å². The highest BCUT2D eigenvalue weighted by molar-refractivity contribution is 7.89. The summed E-state index contributed by atoms with van der Waals surface area (Å²) in [5.74, 6) is -0.641. The predicted octanol–water partition coefficient (Wildman–Crippen LogP) is 4.69. The quantitative estimate of drug-likeness (QED) is 0.393. The minimum Gasteiger partial charge on any atom is -0.325 e. The Balaban J connectivity index is 1.94. The highest BCUT2D eigenvalue weighted by atomic mass is 35.5. The van der Waals surface area contributed by atoms with Gasteiger partial charge < -0.3 is 5.32 Å². The predicted molar refractivity (Wildman–Crippen MR) is 146 cm³/mol. The van der Waals surface area contributed by atoms with Crippen molar-refractivity contribution in [3.05, 3.63) is 87.4 Å². The molecule has 3 aromatic rings. The van der Waals surface area contributed by atoms with Gasteiger partial charge in [-0.1, -0.05) is 53.0 Å². The highest BCUT2D eigenvalue weighted by Gasteiger charge is 2.28. The minimum atomic E-state index is -4.09. The van der Waals surface area contributed by atoms with Gasteiger partial charge in [-0.15, -0.1) is 0 Å². The summed E-state index contributed by atoms with van der Waals surface area (Å²) < 4.78 is 54.2. The smallest absolute Gasteiger partial charge is 0.243 e. The number of hydrogen-bond donors (Lipinski definition) is 1. The van der Waals surface area contributed by atoms with Crippen LogP contribution in [0.1, 0.15) is 16.7 Å². The second-order valence-electron chi connectivity index (χ2n) is 8.65. The summed E-state index contributed by atoms with van der Waals surface area (Å²) in [6, 6.07) is 15.4. The van der Waals surface area contributed by atoms with Gasteiger partial charge in [-0.3, -0.25) is 4.79 Å². The molecular formula is C25H27Cl2N3O5S2. The van der Waals surface area contributed by atoms with Gasteiger partial charge in [-0.05, 0) is 61.4 Å². The van der Waals surface area contributed by atoms with E-state index in [2.05, 4.69) is 5.32 Å². The Morgan fingerprint density at radius 1 is 0.811 bits per heavy atom. The highest BCUT2D eigenvalue weighted by Crippen LogP contribution is 2.26. The number of hydrogen-bond acceptors (Lipinski definition) is 5. The zero-order valence-electron chi connectivity index (χ0n) is 20.7. The van der Waals surface area contributed by atoms with E-state index in [0.29, 0.717) is 16.1 Å². The Morgan fingerprint density at radius 2 is 1.43 bits per heavy atom. The van der Waals surface area contributed by atoms with Gasteiger partial charge >= 0.3 is 0 Å². The molecule has 37 heavy (non-hydrogen) atoms. The number of nitrogens with zero attached hydrogens (tertiary/aromatic N) is 2. The van der Waals surface area contributed by atoms with Gasteiger partial charge in [0.2, 0.25) is 26.0 Å². The van der Waals surface area contributed by atoms with E-state index in [1.54, 1.807) is 43.3 Å². The first-order valence-corrected chi connectivity index (χ1v) is 14.7. The molecule has 0 aliphatic carbocycles. The number of sulfonamides is 2. The molecule has 3 aromatic carbocycles. The number of carbonyl (C=O) groups excluding carboxylic acids is 1. The van der Waals surface area contributed by atoms with E-state index in [1.807, 2.05) is 6.92 Å². The van der Waals surface area contributed by atoms with Gasteiger partial charge in [-0.25, -0.2) is 21.1 Å². The molecule has 0 atom stereocenters. The Kier molecular flexibility index (Phi) is 9.05. The molecule has 12 heteroatoms. The maximum atomic E-state index is 13.5. The van der Waals surface area contributed by atoms with E-state index in [9.17, 15) is 21.6 Å². The molecule has 8 nitrogen and oxygen atoms in total. The molecule has 0 saturated carbocycles. The van der Waals surface area contributed by atoms with E-state index < -0.39 is 32.5 Å². The van der Waals surface area contributed by atoms with Gasteiger partial charge in [0, 0.05) is 26.3 Å². The van der Waals surface area contributed by atoms with E-state index in [1.165, 1.54) is 38.4 Å². The van der Waals surface area contributed by atoms with Crippen molar-refractivity contribution in [2.75, 3.05) is 26.0 Å². The summed E-state index contributed by atoms with van der Waals surface area (Å²) in [6.07, 6.45) is 0. The van der Waals surface area contributed by atoms with E-state index in [-0.39, 0.29) is 27.0 Å². The lowest BCUT2D eigenvalue weighted by Gasteiger charge is -2.23. The number of amides is 1. The fourth-order valence-corrected chi connectivity index (χ4v) is 6.02. The van der Waals surface area contributed by atoms with Crippen molar-refractivity contribution in [2.45, 2.75) is 30.2 Å². The van der Waals surface area contributed by atoms with Crippen LogP contribution >= 0.6 is 23.2 Å². The van der Waals surface area contributed by atoms with E-state index in [0.717, 1.165) is 14.2 Å². The number of carbonyl (C=O) groups is 1. The molecule has 3 rings (SSSR count). The summed E-state index contributed by atoms with van der Waals surface area (Å²) in [4.78, 5) is 13.1. The van der Waals surface area contributed by atoms with Crippen LogP contribution in [0.4, 0.5) is 5.69 Å². The molecule has 0 spiro atoms. The molecule has 198 valence electrons. The number of anilines is 1. The minimum absolute atomic E-state index is 0.00154. The van der Waals surface area contributed by atoms with E-state index >= 15 is 0 Å². The molecule has 0 fully saturated rings. The van der Waals surface area contributed by atoms with Crippen molar-refractivity contribution in [2.24, 2.45) is 0 Å². The second-order valence-corrected chi connectivity index (χ2v) is 13.6. The summed E-state index contributed by atoms with van der Waals surface area (Å²) >= 11 is 12.1. The third-order valence-corrected chi connectivity index (χ3v) is 9.94. The Bertz CT molecular complexity index is 1520. The lowest BCUT2D eigenvalue weighted by atomic mass is 10.2. The van der Waals surface area contributed by atoms with Crippen LogP contribution in [0.2, 0.25) is 10.0 Å². The topological polar surface area (TPSA) is 104 Å². The van der Waals surface area contributed by atoms with Gasteiger partial charge in [0.25, 0.3) is 0 Å². The Hall–Kier alpha value is -2.47. The van der Waals surface area contributed by atoms with Crippen molar-refractivity contribution in [1.82, 2.24) is 8.61 Å².